The summed E-state index contributed by atoms with van der Waals surface area (Å²) < 4.78 is 2.63. The lowest BCUT2D eigenvalue weighted by molar-refractivity contribution is 0.598. The van der Waals surface area contributed by atoms with Crippen molar-refractivity contribution in [3.8, 4) is 0 Å². The van der Waals surface area contributed by atoms with Gasteiger partial charge in [-0.1, -0.05) is 6.07 Å². The smallest absolute Gasteiger partial charge is 0.332 e. The molecule has 22 heavy (non-hydrogen) atoms. The summed E-state index contributed by atoms with van der Waals surface area (Å²) in [6.45, 7) is 3.31. The van der Waals surface area contributed by atoms with E-state index in [1.165, 1.54) is 11.6 Å². The Morgan fingerprint density at radius 1 is 1.32 bits per heavy atom. The normalized spacial score (nSPS) is 17.0. The van der Waals surface area contributed by atoms with Gasteiger partial charge in [0.2, 0.25) is 0 Å². The molecule has 116 valence electrons. The SMILES string of the molecule is CC1CNc2c(c(=O)n(C)c(=O)n2C)N1Cc1cccnc1. The van der Waals surface area contributed by atoms with Crippen LogP contribution in [0, 0.1) is 0 Å². The highest BCUT2D eigenvalue weighted by atomic mass is 16.2. The van der Waals surface area contributed by atoms with Gasteiger partial charge in [-0.15, -0.1) is 0 Å². The van der Waals surface area contributed by atoms with E-state index in [0.29, 0.717) is 24.6 Å². The lowest BCUT2D eigenvalue weighted by atomic mass is 10.1. The van der Waals surface area contributed by atoms with E-state index in [1.807, 2.05) is 17.0 Å². The summed E-state index contributed by atoms with van der Waals surface area (Å²) in [5, 5.41) is 3.20. The lowest BCUT2D eigenvalue weighted by Crippen LogP contribution is -2.50. The van der Waals surface area contributed by atoms with Gasteiger partial charge >= 0.3 is 5.69 Å². The van der Waals surface area contributed by atoms with E-state index in [9.17, 15) is 9.59 Å². The number of aromatic nitrogens is 3. The molecule has 0 bridgehead atoms. The Balaban J connectivity index is 2.15. The second-order valence-corrected chi connectivity index (χ2v) is 5.62. The molecule has 1 atom stereocenters. The van der Waals surface area contributed by atoms with E-state index in [-0.39, 0.29) is 17.3 Å². The van der Waals surface area contributed by atoms with Crippen molar-refractivity contribution in [3.63, 3.8) is 0 Å². The fourth-order valence-corrected chi connectivity index (χ4v) is 2.79. The zero-order chi connectivity index (χ0) is 15.9. The standard InChI is InChI=1S/C15H19N5O2/c1-10-7-17-13-12(14(21)19(3)15(22)18(13)2)20(10)9-11-5-4-6-16-8-11/h4-6,8,10,17H,7,9H2,1-3H3. The second kappa shape index (κ2) is 5.32. The van der Waals surface area contributed by atoms with Crippen LogP contribution in [0.25, 0.3) is 0 Å². The first kappa shape index (κ1) is 14.4. The third-order valence-electron chi connectivity index (χ3n) is 4.10. The molecule has 3 rings (SSSR count). The Bertz CT molecular complexity index is 809. The first-order chi connectivity index (χ1) is 10.5. The van der Waals surface area contributed by atoms with Gasteiger partial charge in [-0.05, 0) is 18.6 Å². The van der Waals surface area contributed by atoms with E-state index in [0.717, 1.165) is 10.1 Å². The zero-order valence-corrected chi connectivity index (χ0v) is 12.9. The minimum absolute atomic E-state index is 0.137. The lowest BCUT2D eigenvalue weighted by Gasteiger charge is -2.37. The zero-order valence-electron chi connectivity index (χ0n) is 12.9. The molecule has 7 heteroatoms. The van der Waals surface area contributed by atoms with Crippen molar-refractivity contribution < 1.29 is 0 Å². The topological polar surface area (TPSA) is 72.2 Å². The molecule has 0 aliphatic carbocycles. The Labute approximate surface area is 127 Å². The van der Waals surface area contributed by atoms with Crippen LogP contribution >= 0.6 is 0 Å². The van der Waals surface area contributed by atoms with Gasteiger partial charge in [-0.2, -0.15) is 0 Å². The molecule has 0 saturated heterocycles. The molecule has 0 fully saturated rings. The maximum Gasteiger partial charge on any atom is 0.332 e. The number of hydrogen-bond acceptors (Lipinski definition) is 5. The van der Waals surface area contributed by atoms with Gasteiger partial charge in [0.1, 0.15) is 11.5 Å². The van der Waals surface area contributed by atoms with Gasteiger partial charge in [0.25, 0.3) is 5.56 Å². The first-order valence-electron chi connectivity index (χ1n) is 7.20. The van der Waals surface area contributed by atoms with E-state index in [2.05, 4.69) is 17.2 Å². The summed E-state index contributed by atoms with van der Waals surface area (Å²) in [7, 11) is 3.18. The number of fused-ring (bicyclic) bond motifs is 1. The van der Waals surface area contributed by atoms with E-state index in [4.69, 9.17) is 0 Å². The summed E-state index contributed by atoms with van der Waals surface area (Å²) >= 11 is 0. The minimum atomic E-state index is -0.327. The number of anilines is 2. The van der Waals surface area contributed by atoms with Gasteiger partial charge in [0, 0.05) is 45.6 Å². The van der Waals surface area contributed by atoms with Crippen molar-refractivity contribution in [2.24, 2.45) is 14.1 Å². The monoisotopic (exact) mass is 301 g/mol. The molecule has 1 aliphatic rings. The van der Waals surface area contributed by atoms with Crippen LogP contribution in [0.15, 0.2) is 34.1 Å². The molecule has 1 unspecified atom stereocenters. The fourth-order valence-electron chi connectivity index (χ4n) is 2.79. The maximum absolute atomic E-state index is 12.6. The molecule has 0 saturated carbocycles. The molecule has 1 aliphatic heterocycles. The molecular weight excluding hydrogens is 282 g/mol. The average Bonchev–Trinajstić information content (AvgIpc) is 2.53. The van der Waals surface area contributed by atoms with Gasteiger partial charge in [0.15, 0.2) is 0 Å². The Morgan fingerprint density at radius 2 is 2.09 bits per heavy atom. The number of pyridine rings is 1. The highest BCUT2D eigenvalue weighted by molar-refractivity contribution is 5.68. The van der Waals surface area contributed by atoms with E-state index in [1.54, 1.807) is 19.4 Å². The van der Waals surface area contributed by atoms with Gasteiger partial charge in [-0.25, -0.2) is 4.79 Å². The second-order valence-electron chi connectivity index (χ2n) is 5.62. The Morgan fingerprint density at radius 3 is 2.77 bits per heavy atom. The molecule has 1 N–H and O–H groups in total. The Kier molecular flexibility index (Phi) is 3.48. The number of rotatable bonds is 2. The van der Waals surface area contributed by atoms with Gasteiger partial charge in [-0.3, -0.25) is 18.9 Å². The van der Waals surface area contributed by atoms with Crippen LogP contribution in [-0.2, 0) is 20.6 Å². The van der Waals surface area contributed by atoms with Crippen LogP contribution in [0.3, 0.4) is 0 Å². The third kappa shape index (κ3) is 2.18. The molecule has 0 spiro atoms. The van der Waals surface area contributed by atoms with Crippen molar-refractivity contribution in [1.82, 2.24) is 14.1 Å². The summed E-state index contributed by atoms with van der Waals surface area (Å²) in [6.07, 6.45) is 3.52. The average molecular weight is 301 g/mol. The predicted octanol–water partition coefficient (Wildman–Crippen LogP) is 0.300. The highest BCUT2D eigenvalue weighted by Crippen LogP contribution is 2.27. The molecule has 2 aromatic heterocycles. The number of nitrogens with zero attached hydrogens (tertiary/aromatic N) is 4. The summed E-state index contributed by atoms with van der Waals surface area (Å²) in [4.78, 5) is 30.8. The third-order valence-corrected chi connectivity index (χ3v) is 4.10. The molecular formula is C15H19N5O2. The predicted molar refractivity (Wildman–Crippen MR) is 85.3 cm³/mol. The van der Waals surface area contributed by atoms with Crippen LogP contribution in [-0.4, -0.2) is 26.7 Å². The van der Waals surface area contributed by atoms with Crippen LogP contribution in [0.4, 0.5) is 11.5 Å². The Hall–Kier alpha value is -2.57. The van der Waals surface area contributed by atoms with Gasteiger partial charge in [0.05, 0.1) is 0 Å². The van der Waals surface area contributed by atoms with Crippen molar-refractivity contribution in [2.45, 2.75) is 19.5 Å². The number of hydrogen-bond donors (Lipinski definition) is 1. The van der Waals surface area contributed by atoms with Crippen LogP contribution in [0.2, 0.25) is 0 Å². The van der Waals surface area contributed by atoms with Crippen LogP contribution in [0.5, 0.6) is 0 Å². The highest BCUT2D eigenvalue weighted by Gasteiger charge is 2.29. The molecule has 0 radical (unpaired) electrons. The van der Waals surface area contributed by atoms with E-state index < -0.39 is 0 Å². The summed E-state index contributed by atoms with van der Waals surface area (Å²) in [5.74, 6) is 0.579. The minimum Gasteiger partial charge on any atom is -0.367 e. The van der Waals surface area contributed by atoms with Crippen LogP contribution in [0.1, 0.15) is 12.5 Å². The molecule has 7 nitrogen and oxygen atoms in total. The quantitative estimate of drug-likeness (QED) is 0.864. The number of nitrogens with one attached hydrogen (secondary N) is 1. The first-order valence-corrected chi connectivity index (χ1v) is 7.20. The largest absolute Gasteiger partial charge is 0.367 e. The maximum atomic E-state index is 12.6. The molecule has 2 aromatic rings. The summed E-state index contributed by atoms with van der Waals surface area (Å²) in [5.41, 5.74) is 0.957. The van der Waals surface area contributed by atoms with Crippen molar-refractivity contribution >= 4 is 11.5 Å². The van der Waals surface area contributed by atoms with E-state index >= 15 is 0 Å². The molecule has 0 aromatic carbocycles. The van der Waals surface area contributed by atoms with Crippen molar-refractivity contribution in [3.05, 3.63) is 50.9 Å². The molecule has 3 heterocycles. The van der Waals surface area contributed by atoms with Crippen LogP contribution < -0.4 is 21.5 Å². The fraction of sp³-hybridized carbons (Fsp3) is 0.400. The molecule has 0 amide bonds. The summed E-state index contributed by atoms with van der Waals surface area (Å²) in [6, 6.07) is 3.99. The van der Waals surface area contributed by atoms with Crippen molar-refractivity contribution in [2.75, 3.05) is 16.8 Å². The van der Waals surface area contributed by atoms with Crippen molar-refractivity contribution in [1.29, 1.82) is 0 Å². The van der Waals surface area contributed by atoms with Gasteiger partial charge < -0.3 is 10.2 Å².